The third-order valence-corrected chi connectivity index (χ3v) is 4.28. The van der Waals surface area contributed by atoms with Gasteiger partial charge in [0.05, 0.1) is 10.7 Å². The van der Waals surface area contributed by atoms with Crippen LogP contribution in [0.3, 0.4) is 0 Å². The van der Waals surface area contributed by atoms with Crippen molar-refractivity contribution in [2.24, 2.45) is 0 Å². The number of nitrogens with one attached hydrogen (secondary N) is 1. The van der Waals surface area contributed by atoms with E-state index in [2.05, 4.69) is 4.72 Å². The molecule has 1 heterocycles. The normalized spacial score (nSPS) is 11.5. The highest BCUT2D eigenvalue weighted by atomic mass is 35.5. The summed E-state index contributed by atoms with van der Waals surface area (Å²) in [6.45, 7) is 3.24. The number of anilines is 1. The van der Waals surface area contributed by atoms with Gasteiger partial charge in [-0.05, 0) is 32.0 Å². The fourth-order valence-electron chi connectivity index (χ4n) is 1.65. The Hall–Kier alpha value is -1.66. The maximum Gasteiger partial charge on any atom is 0.265 e. The van der Waals surface area contributed by atoms with E-state index in [1.807, 2.05) is 0 Å². The quantitative estimate of drug-likeness (QED) is 0.854. The molecule has 1 aromatic heterocycles. The summed E-state index contributed by atoms with van der Waals surface area (Å²) >= 11 is 5.72. The first-order valence-electron chi connectivity index (χ1n) is 5.38. The van der Waals surface area contributed by atoms with Crippen LogP contribution in [-0.2, 0) is 10.0 Å². The second kappa shape index (κ2) is 4.79. The standard InChI is InChI=1S/C12H12ClNO4S/c1-7-5-12(8(2)18-7)19(16,17)14-9-3-4-11(15)10(13)6-9/h3-6,14-15H,1-2H3. The van der Waals surface area contributed by atoms with E-state index >= 15 is 0 Å². The molecule has 5 nitrogen and oxygen atoms in total. The molecule has 0 radical (unpaired) electrons. The van der Waals surface area contributed by atoms with Gasteiger partial charge in [0.2, 0.25) is 0 Å². The van der Waals surface area contributed by atoms with E-state index in [1.165, 1.54) is 24.3 Å². The van der Waals surface area contributed by atoms with Crippen LogP contribution < -0.4 is 4.72 Å². The van der Waals surface area contributed by atoms with Gasteiger partial charge >= 0.3 is 0 Å². The summed E-state index contributed by atoms with van der Waals surface area (Å²) in [6, 6.07) is 5.51. The molecule has 2 aromatic rings. The van der Waals surface area contributed by atoms with Crippen molar-refractivity contribution >= 4 is 27.3 Å². The van der Waals surface area contributed by atoms with E-state index in [-0.39, 0.29) is 21.4 Å². The molecule has 19 heavy (non-hydrogen) atoms. The molecule has 0 fully saturated rings. The maximum absolute atomic E-state index is 12.2. The number of sulfonamides is 1. The van der Waals surface area contributed by atoms with Gasteiger partial charge in [-0.1, -0.05) is 11.6 Å². The van der Waals surface area contributed by atoms with Crippen LogP contribution in [-0.4, -0.2) is 13.5 Å². The Morgan fingerprint density at radius 2 is 1.95 bits per heavy atom. The molecule has 1 aromatic carbocycles. The van der Waals surface area contributed by atoms with Crippen molar-refractivity contribution in [3.05, 3.63) is 40.8 Å². The zero-order valence-corrected chi connectivity index (χ0v) is 11.8. The molecular weight excluding hydrogens is 290 g/mol. The number of hydrogen-bond donors (Lipinski definition) is 2. The number of aromatic hydroxyl groups is 1. The van der Waals surface area contributed by atoms with Gasteiger partial charge in [0.1, 0.15) is 22.2 Å². The Bertz CT molecular complexity index is 721. The Labute approximate surface area is 115 Å². The van der Waals surface area contributed by atoms with Crippen LogP contribution in [0.25, 0.3) is 0 Å². The number of phenolic OH excluding ortho intramolecular Hbond substituents is 1. The minimum absolute atomic E-state index is 0.0697. The third-order valence-electron chi connectivity index (χ3n) is 2.48. The topological polar surface area (TPSA) is 79.5 Å². The van der Waals surface area contributed by atoms with Crippen molar-refractivity contribution in [2.45, 2.75) is 18.7 Å². The summed E-state index contributed by atoms with van der Waals surface area (Å²) < 4.78 is 31.9. The molecule has 0 spiro atoms. The van der Waals surface area contributed by atoms with Gasteiger partial charge in [0.15, 0.2) is 0 Å². The largest absolute Gasteiger partial charge is 0.506 e. The zero-order chi connectivity index (χ0) is 14.2. The van der Waals surface area contributed by atoms with Crippen LogP contribution in [0.5, 0.6) is 5.75 Å². The minimum atomic E-state index is -3.74. The van der Waals surface area contributed by atoms with Gasteiger partial charge in [-0.25, -0.2) is 8.42 Å². The molecule has 0 aliphatic carbocycles. The van der Waals surface area contributed by atoms with Crippen molar-refractivity contribution in [1.29, 1.82) is 0 Å². The molecule has 0 saturated carbocycles. The molecule has 0 amide bonds. The number of phenols is 1. The Kier molecular flexibility index (Phi) is 3.47. The first-order chi connectivity index (χ1) is 8.79. The maximum atomic E-state index is 12.2. The Morgan fingerprint density at radius 1 is 1.26 bits per heavy atom. The second-order valence-corrected chi connectivity index (χ2v) is 6.11. The van der Waals surface area contributed by atoms with Crippen molar-refractivity contribution in [3.8, 4) is 5.75 Å². The number of halogens is 1. The van der Waals surface area contributed by atoms with Crippen LogP contribution in [0.4, 0.5) is 5.69 Å². The minimum Gasteiger partial charge on any atom is -0.506 e. The summed E-state index contributed by atoms with van der Waals surface area (Å²) in [7, 11) is -3.74. The van der Waals surface area contributed by atoms with Gasteiger partial charge in [0.25, 0.3) is 10.0 Å². The van der Waals surface area contributed by atoms with Gasteiger partial charge < -0.3 is 9.52 Å². The molecule has 0 bridgehead atoms. The highest BCUT2D eigenvalue weighted by molar-refractivity contribution is 7.92. The van der Waals surface area contributed by atoms with Gasteiger partial charge in [0, 0.05) is 6.07 Å². The smallest absolute Gasteiger partial charge is 0.265 e. The van der Waals surface area contributed by atoms with Gasteiger partial charge in [-0.15, -0.1) is 0 Å². The molecule has 0 unspecified atom stereocenters. The zero-order valence-electron chi connectivity index (χ0n) is 10.3. The second-order valence-electron chi connectivity index (χ2n) is 4.05. The monoisotopic (exact) mass is 301 g/mol. The van der Waals surface area contributed by atoms with Crippen molar-refractivity contribution in [3.63, 3.8) is 0 Å². The average Bonchev–Trinajstić information content (AvgIpc) is 2.63. The van der Waals surface area contributed by atoms with Crippen LogP contribution in [0.2, 0.25) is 5.02 Å². The lowest BCUT2D eigenvalue weighted by Crippen LogP contribution is -2.13. The van der Waals surface area contributed by atoms with E-state index in [9.17, 15) is 13.5 Å². The molecule has 0 aliphatic heterocycles. The van der Waals surface area contributed by atoms with Crippen LogP contribution >= 0.6 is 11.6 Å². The van der Waals surface area contributed by atoms with E-state index in [0.717, 1.165) is 0 Å². The highest BCUT2D eigenvalue weighted by Crippen LogP contribution is 2.28. The van der Waals surface area contributed by atoms with Crippen LogP contribution in [0.15, 0.2) is 33.6 Å². The van der Waals surface area contributed by atoms with E-state index < -0.39 is 10.0 Å². The predicted octanol–water partition coefficient (Wildman–Crippen LogP) is 3.06. The van der Waals surface area contributed by atoms with Crippen molar-refractivity contribution < 1.29 is 17.9 Å². The van der Waals surface area contributed by atoms with Gasteiger partial charge in [-0.3, -0.25) is 4.72 Å². The van der Waals surface area contributed by atoms with Crippen molar-refractivity contribution in [2.75, 3.05) is 4.72 Å². The number of furan rings is 1. The summed E-state index contributed by atoms with van der Waals surface area (Å²) in [5.41, 5.74) is 0.265. The molecule has 7 heteroatoms. The SMILES string of the molecule is Cc1cc(S(=O)(=O)Nc2ccc(O)c(Cl)c2)c(C)o1. The Balaban J connectivity index is 2.36. The summed E-state index contributed by atoms with van der Waals surface area (Å²) in [5, 5.41) is 9.35. The molecule has 2 N–H and O–H groups in total. The summed E-state index contributed by atoms with van der Waals surface area (Å²) in [5.74, 6) is 0.719. The van der Waals surface area contributed by atoms with E-state index in [0.29, 0.717) is 11.5 Å². The molecule has 102 valence electrons. The van der Waals surface area contributed by atoms with Crippen LogP contribution in [0.1, 0.15) is 11.5 Å². The lowest BCUT2D eigenvalue weighted by Gasteiger charge is -2.07. The molecule has 0 saturated heterocycles. The predicted molar refractivity (Wildman–Crippen MR) is 72.1 cm³/mol. The van der Waals surface area contributed by atoms with E-state index in [4.69, 9.17) is 16.0 Å². The van der Waals surface area contributed by atoms with Crippen molar-refractivity contribution in [1.82, 2.24) is 0 Å². The summed E-state index contributed by atoms with van der Waals surface area (Å²) in [4.78, 5) is 0.0780. The fourth-order valence-corrected chi connectivity index (χ4v) is 3.12. The first-order valence-corrected chi connectivity index (χ1v) is 7.24. The van der Waals surface area contributed by atoms with E-state index in [1.54, 1.807) is 13.8 Å². The number of hydrogen-bond acceptors (Lipinski definition) is 4. The lowest BCUT2D eigenvalue weighted by atomic mass is 10.3. The third kappa shape index (κ3) is 2.85. The van der Waals surface area contributed by atoms with Gasteiger partial charge in [-0.2, -0.15) is 0 Å². The summed E-state index contributed by atoms with van der Waals surface area (Å²) in [6.07, 6.45) is 0. The average molecular weight is 302 g/mol. The number of benzene rings is 1. The number of aryl methyl sites for hydroxylation is 2. The van der Waals surface area contributed by atoms with Crippen LogP contribution in [0, 0.1) is 13.8 Å². The Morgan fingerprint density at radius 3 is 2.47 bits per heavy atom. The fraction of sp³-hybridized carbons (Fsp3) is 0.167. The molecule has 0 aliphatic rings. The molecule has 2 rings (SSSR count). The number of rotatable bonds is 3. The first kappa shape index (κ1) is 13.8. The molecule has 0 atom stereocenters. The lowest BCUT2D eigenvalue weighted by molar-refractivity contribution is 0.475. The molecular formula is C12H12ClNO4S. The highest BCUT2D eigenvalue weighted by Gasteiger charge is 2.20.